The highest BCUT2D eigenvalue weighted by Crippen LogP contribution is 2.45. The van der Waals surface area contributed by atoms with Crippen molar-refractivity contribution in [3.63, 3.8) is 0 Å². The molecule has 3 aliphatic rings. The molecule has 7 atom stereocenters. The molecule has 2 aliphatic carbocycles. The summed E-state index contributed by atoms with van der Waals surface area (Å²) in [6, 6.07) is 0. The minimum Gasteiger partial charge on any atom is -0.462 e. The molecule has 38 heavy (non-hydrogen) atoms. The number of rotatable bonds is 6. The van der Waals surface area contributed by atoms with Gasteiger partial charge in [0, 0.05) is 19.3 Å². The number of ether oxygens (including phenoxy) is 2. The van der Waals surface area contributed by atoms with Crippen LogP contribution < -0.4 is 0 Å². The van der Waals surface area contributed by atoms with E-state index in [-0.39, 0.29) is 41.2 Å². The van der Waals surface area contributed by atoms with Crippen LogP contribution in [0.25, 0.3) is 0 Å². The molecule has 1 fully saturated rings. The molecule has 5 nitrogen and oxygen atoms in total. The van der Waals surface area contributed by atoms with Crippen molar-refractivity contribution >= 4 is 42.2 Å². The first-order valence-corrected chi connectivity index (χ1v) is 23.1. The topological polar surface area (TPSA) is 61.8 Å². The first-order chi connectivity index (χ1) is 17.3. The second-order valence-electron chi connectivity index (χ2n) is 14.1. The molecule has 0 unspecified atom stereocenters. The van der Waals surface area contributed by atoms with Crippen molar-refractivity contribution in [3.8, 4) is 0 Å². The SMILES string of the molecule is CC(=O)O[C@H]1C[C@@H](C)C=C2C=C[C@H](C)[C@H](CC[C@@H]3C[C@@H](O[Si](C)(C)C(C)(C)C)CC(=O)O3)[C@H]21.C[Si](C)(C)Br. The fourth-order valence-electron chi connectivity index (χ4n) is 5.52. The van der Waals surface area contributed by atoms with E-state index in [1.807, 2.05) is 0 Å². The number of fused-ring (bicyclic) bond motifs is 1. The zero-order valence-electron chi connectivity index (χ0n) is 25.7. The summed E-state index contributed by atoms with van der Waals surface area (Å²) < 4.78 is 18.1. The normalized spacial score (nSPS) is 31.8. The van der Waals surface area contributed by atoms with Gasteiger partial charge in [-0.2, -0.15) is 0 Å². The summed E-state index contributed by atoms with van der Waals surface area (Å²) in [5, 5.41) is 0.111. The zero-order valence-corrected chi connectivity index (χ0v) is 29.3. The molecule has 1 aliphatic heterocycles. The highest BCUT2D eigenvalue weighted by molar-refractivity contribution is 9.26. The molecule has 1 heterocycles. The highest BCUT2D eigenvalue weighted by Gasteiger charge is 2.43. The zero-order chi connectivity index (χ0) is 29.1. The Morgan fingerprint density at radius 3 is 2.26 bits per heavy atom. The number of cyclic esters (lactones) is 1. The van der Waals surface area contributed by atoms with Crippen LogP contribution in [-0.4, -0.2) is 45.3 Å². The van der Waals surface area contributed by atoms with Crippen LogP contribution in [-0.2, 0) is 23.5 Å². The molecule has 3 rings (SSSR count). The molecule has 0 aromatic heterocycles. The molecule has 0 saturated carbocycles. The Labute approximate surface area is 242 Å². The maximum absolute atomic E-state index is 12.4. The lowest BCUT2D eigenvalue weighted by Crippen LogP contribution is -2.47. The molecule has 0 bridgehead atoms. The van der Waals surface area contributed by atoms with E-state index in [1.165, 1.54) is 12.5 Å². The van der Waals surface area contributed by atoms with E-state index in [9.17, 15) is 9.59 Å². The molecule has 0 N–H and O–H groups in total. The average molecular weight is 630 g/mol. The van der Waals surface area contributed by atoms with Gasteiger partial charge in [-0.3, -0.25) is 9.59 Å². The van der Waals surface area contributed by atoms with Crippen LogP contribution in [0.2, 0.25) is 37.8 Å². The lowest BCUT2D eigenvalue weighted by Gasteiger charge is -2.44. The Morgan fingerprint density at radius 1 is 1.11 bits per heavy atom. The molecule has 0 spiro atoms. The lowest BCUT2D eigenvalue weighted by atomic mass is 9.65. The smallest absolute Gasteiger partial charge is 0.308 e. The highest BCUT2D eigenvalue weighted by atomic mass is 79.9. The van der Waals surface area contributed by atoms with E-state index in [0.717, 1.165) is 25.7 Å². The number of hydrogen-bond acceptors (Lipinski definition) is 5. The number of halogens is 1. The van der Waals surface area contributed by atoms with Crippen molar-refractivity contribution in [3.05, 3.63) is 23.8 Å². The van der Waals surface area contributed by atoms with Gasteiger partial charge < -0.3 is 13.9 Å². The summed E-state index contributed by atoms with van der Waals surface area (Å²) in [5.41, 5.74) is 1.29. The largest absolute Gasteiger partial charge is 0.462 e. The van der Waals surface area contributed by atoms with Crippen molar-refractivity contribution in [2.45, 2.75) is 130 Å². The molecule has 8 heteroatoms. The second kappa shape index (κ2) is 13.3. The van der Waals surface area contributed by atoms with Crippen LogP contribution in [0.5, 0.6) is 0 Å². The van der Waals surface area contributed by atoms with Gasteiger partial charge in [0.2, 0.25) is 0 Å². The Bertz CT molecular complexity index is 880. The van der Waals surface area contributed by atoms with Crippen molar-refractivity contribution in [1.82, 2.24) is 0 Å². The Morgan fingerprint density at radius 2 is 1.71 bits per heavy atom. The molecule has 0 amide bonds. The van der Waals surface area contributed by atoms with E-state index < -0.39 is 15.0 Å². The van der Waals surface area contributed by atoms with Gasteiger partial charge in [-0.25, -0.2) is 0 Å². The predicted octanol–water partition coefficient (Wildman–Crippen LogP) is 8.42. The van der Waals surface area contributed by atoms with Gasteiger partial charge >= 0.3 is 11.9 Å². The van der Waals surface area contributed by atoms with E-state index in [1.54, 1.807) is 0 Å². The monoisotopic (exact) mass is 628 g/mol. The van der Waals surface area contributed by atoms with Gasteiger partial charge in [0.1, 0.15) is 18.9 Å². The standard InChI is InChI=1S/C27H44O5Si.C3H9BrSi/c1-17-13-20-10-9-18(2)23(26(20)24(14-17)30-19(3)28)12-11-21-15-22(16-25(29)31-21)32-33(7,8)27(4,5)6;1-5(2,3)4/h9-10,13,17-18,21-24,26H,11-12,14-16H2,1-8H3;1-3H3/t17-,18-,21+,22+,23-,24-,26-;/m0./s1. The second-order valence-corrected chi connectivity index (χ2v) is 30.2. The van der Waals surface area contributed by atoms with E-state index >= 15 is 0 Å². The third-order valence-electron chi connectivity index (χ3n) is 8.22. The average Bonchev–Trinajstić information content (AvgIpc) is 2.70. The van der Waals surface area contributed by atoms with Crippen LogP contribution in [0.15, 0.2) is 23.8 Å². The van der Waals surface area contributed by atoms with Crippen molar-refractivity contribution < 1.29 is 23.5 Å². The Kier molecular flexibility index (Phi) is 11.7. The summed E-state index contributed by atoms with van der Waals surface area (Å²) in [6.07, 6.45) is 10.3. The fraction of sp³-hybridized carbons (Fsp3) is 0.800. The van der Waals surface area contributed by atoms with Crippen molar-refractivity contribution in [2.75, 3.05) is 0 Å². The van der Waals surface area contributed by atoms with Gasteiger partial charge in [0.05, 0.1) is 12.5 Å². The number of esters is 2. The van der Waals surface area contributed by atoms with Gasteiger partial charge in [-0.05, 0) is 60.7 Å². The van der Waals surface area contributed by atoms with Crippen LogP contribution in [0.3, 0.4) is 0 Å². The van der Waals surface area contributed by atoms with Crippen molar-refractivity contribution in [2.24, 2.45) is 23.7 Å². The van der Waals surface area contributed by atoms with Crippen LogP contribution in [0, 0.1) is 23.7 Å². The summed E-state index contributed by atoms with van der Waals surface area (Å²) >= 11 is 3.51. The summed E-state index contributed by atoms with van der Waals surface area (Å²) in [7, 11) is -1.95. The molecule has 0 aromatic rings. The fourth-order valence-corrected chi connectivity index (χ4v) is 6.88. The van der Waals surface area contributed by atoms with Crippen molar-refractivity contribution in [1.29, 1.82) is 0 Å². The molecular formula is C30H53BrO5Si2. The molecule has 0 radical (unpaired) electrons. The van der Waals surface area contributed by atoms with E-state index in [4.69, 9.17) is 13.9 Å². The molecule has 218 valence electrons. The molecule has 1 saturated heterocycles. The summed E-state index contributed by atoms with van der Waals surface area (Å²) in [4.78, 5) is 24.2. The minimum atomic E-state index is -1.95. The molecular weight excluding hydrogens is 576 g/mol. The van der Waals surface area contributed by atoms with Gasteiger partial charge in [-0.1, -0.05) is 72.5 Å². The number of carbonyl (C=O) groups is 2. The van der Waals surface area contributed by atoms with Crippen LogP contribution >= 0.6 is 15.3 Å². The number of allylic oxidation sites excluding steroid dienone is 3. The van der Waals surface area contributed by atoms with E-state index in [0.29, 0.717) is 24.2 Å². The quantitative estimate of drug-likeness (QED) is 0.168. The van der Waals surface area contributed by atoms with E-state index in [2.05, 4.69) is 101 Å². The summed E-state index contributed by atoms with van der Waals surface area (Å²) in [5.74, 6) is 1.00. The maximum atomic E-state index is 12.4. The van der Waals surface area contributed by atoms with Gasteiger partial charge in [0.15, 0.2) is 8.32 Å². The van der Waals surface area contributed by atoms with Crippen LogP contribution in [0.4, 0.5) is 0 Å². The maximum Gasteiger partial charge on any atom is 0.308 e. The Hall–Kier alpha value is -0.706. The first kappa shape index (κ1) is 33.5. The predicted molar refractivity (Wildman–Crippen MR) is 165 cm³/mol. The number of hydrogen-bond donors (Lipinski definition) is 0. The lowest BCUT2D eigenvalue weighted by molar-refractivity contribution is -0.160. The van der Waals surface area contributed by atoms with Gasteiger partial charge in [0.25, 0.3) is 0 Å². The molecule has 0 aromatic carbocycles. The number of carbonyl (C=O) groups excluding carboxylic acids is 2. The first-order valence-electron chi connectivity index (χ1n) is 14.4. The van der Waals surface area contributed by atoms with Crippen LogP contribution in [0.1, 0.15) is 73.6 Å². The minimum absolute atomic E-state index is 0.0550. The summed E-state index contributed by atoms with van der Waals surface area (Å²) in [6.45, 7) is 23.0. The third kappa shape index (κ3) is 10.4. The third-order valence-corrected chi connectivity index (χ3v) is 12.8. The Balaban J connectivity index is 0.000000926. The van der Waals surface area contributed by atoms with Gasteiger partial charge in [-0.15, -0.1) is 15.3 Å².